The molecule has 1 rings (SSSR count). The summed E-state index contributed by atoms with van der Waals surface area (Å²) in [6.45, 7) is 11.9. The van der Waals surface area contributed by atoms with Crippen LogP contribution in [0.4, 0.5) is 0 Å². The van der Waals surface area contributed by atoms with Crippen molar-refractivity contribution in [1.82, 2.24) is 10.2 Å². The van der Waals surface area contributed by atoms with Gasteiger partial charge in [-0.15, -0.1) is 0 Å². The predicted octanol–water partition coefficient (Wildman–Crippen LogP) is 2.74. The molecule has 0 aliphatic carbocycles. The largest absolute Gasteiger partial charge is 0.314 e. The van der Waals surface area contributed by atoms with Crippen molar-refractivity contribution >= 4 is 0 Å². The molecule has 0 aromatic carbocycles. The van der Waals surface area contributed by atoms with Gasteiger partial charge in [0, 0.05) is 7.47 Å². The molecule has 0 saturated carbocycles. The van der Waals surface area contributed by atoms with Crippen LogP contribution in [0.15, 0.2) is 0 Å². The zero-order chi connectivity index (χ0) is 11.1. The van der Waals surface area contributed by atoms with Gasteiger partial charge in [-0.2, -0.15) is 0 Å². The van der Waals surface area contributed by atoms with Crippen LogP contribution in [0.25, 0.3) is 0 Å². The van der Waals surface area contributed by atoms with Crippen molar-refractivity contribution in [2.45, 2.75) is 52.5 Å². The van der Waals surface area contributed by atoms with Gasteiger partial charge in [0.2, 0.25) is 0 Å². The highest BCUT2D eigenvalue weighted by molar-refractivity contribution is 4.77. The number of rotatable bonds is 6. The number of nitrogens with zero attached hydrogens (tertiary/aromatic N) is 1. The van der Waals surface area contributed by atoms with E-state index in [1.165, 1.54) is 51.9 Å². The fourth-order valence-electron chi connectivity index (χ4n) is 2.14. The van der Waals surface area contributed by atoms with Crippen LogP contribution in [-0.4, -0.2) is 37.1 Å². The number of likely N-dealkylation sites (tertiary alicyclic amines) is 1. The van der Waals surface area contributed by atoms with Crippen LogP contribution < -0.4 is 5.32 Å². The van der Waals surface area contributed by atoms with Gasteiger partial charge in [0.05, 0.1) is 0 Å². The first kappa shape index (κ1) is 13.0. The molecular formula is C13H30N2. The summed E-state index contributed by atoms with van der Waals surface area (Å²) in [5.41, 5.74) is 0. The van der Waals surface area contributed by atoms with Gasteiger partial charge in [-0.25, -0.2) is 0 Å². The van der Waals surface area contributed by atoms with E-state index < -0.39 is 0 Å². The Kier molecular flexibility index (Phi) is 6.26. The van der Waals surface area contributed by atoms with E-state index >= 15 is 0 Å². The Hall–Kier alpha value is -0.0800. The Bertz CT molecular complexity index is 154. The van der Waals surface area contributed by atoms with E-state index in [1.54, 1.807) is 0 Å². The van der Waals surface area contributed by atoms with E-state index in [-0.39, 0.29) is 1.43 Å². The molecule has 0 aromatic heterocycles. The molecule has 1 aliphatic heterocycles. The van der Waals surface area contributed by atoms with Crippen LogP contribution in [0.3, 0.4) is 0 Å². The third kappa shape index (κ3) is 5.53. The Morgan fingerprint density at radius 2 is 2.00 bits per heavy atom. The number of piperidine rings is 1. The lowest BCUT2D eigenvalue weighted by Gasteiger charge is -2.32. The fourth-order valence-corrected chi connectivity index (χ4v) is 2.14. The van der Waals surface area contributed by atoms with E-state index in [2.05, 4.69) is 31.0 Å². The van der Waals surface area contributed by atoms with Gasteiger partial charge in [-0.1, -0.05) is 27.2 Å². The molecule has 0 amide bonds. The minimum atomic E-state index is 0. The zero-order valence-electron chi connectivity index (χ0n) is 10.8. The van der Waals surface area contributed by atoms with Gasteiger partial charge in [0.1, 0.15) is 0 Å². The normalized spacial score (nSPS) is 20.0. The number of hydrogen-bond acceptors (Lipinski definition) is 2. The quantitative estimate of drug-likeness (QED) is 0.731. The molecule has 0 atom stereocenters. The average Bonchev–Trinajstić information content (AvgIpc) is 2.25. The van der Waals surface area contributed by atoms with Crippen LogP contribution in [0.1, 0.15) is 47.9 Å². The van der Waals surface area contributed by atoms with Crippen molar-refractivity contribution in [2.75, 3.05) is 26.2 Å². The first-order valence-corrected chi connectivity index (χ1v) is 6.68. The number of unbranched alkanes of at least 4 members (excludes halogenated alkanes) is 1. The van der Waals surface area contributed by atoms with E-state index in [4.69, 9.17) is 0 Å². The standard InChI is InChI=1S/C13H28N2.H2/c1-4-5-8-15-9-6-13(7-10-15)14-11-12(2)3;/h12-14H,4-11H2,1-3H3;1H. The summed E-state index contributed by atoms with van der Waals surface area (Å²) < 4.78 is 0. The summed E-state index contributed by atoms with van der Waals surface area (Å²) in [5.74, 6) is 0.781. The lowest BCUT2D eigenvalue weighted by Crippen LogP contribution is -2.43. The zero-order valence-corrected chi connectivity index (χ0v) is 10.8. The summed E-state index contributed by atoms with van der Waals surface area (Å²) in [4.78, 5) is 2.62. The minimum absolute atomic E-state index is 0. The monoisotopic (exact) mass is 214 g/mol. The molecule has 1 aliphatic rings. The maximum absolute atomic E-state index is 3.67. The Morgan fingerprint density at radius 1 is 1.33 bits per heavy atom. The van der Waals surface area contributed by atoms with Crippen molar-refractivity contribution in [3.63, 3.8) is 0 Å². The Labute approximate surface area is 96.9 Å². The van der Waals surface area contributed by atoms with Gasteiger partial charge in [-0.05, 0) is 51.4 Å². The highest BCUT2D eigenvalue weighted by Crippen LogP contribution is 2.11. The number of hydrogen-bond donors (Lipinski definition) is 1. The summed E-state index contributed by atoms with van der Waals surface area (Å²) in [7, 11) is 0. The highest BCUT2D eigenvalue weighted by Gasteiger charge is 2.17. The topological polar surface area (TPSA) is 15.3 Å². The molecule has 92 valence electrons. The summed E-state index contributed by atoms with van der Waals surface area (Å²) in [6.07, 6.45) is 5.38. The average molecular weight is 214 g/mol. The first-order valence-electron chi connectivity index (χ1n) is 6.68. The van der Waals surface area contributed by atoms with E-state index in [0.29, 0.717) is 0 Å². The maximum atomic E-state index is 3.67. The first-order chi connectivity index (χ1) is 7.22. The van der Waals surface area contributed by atoms with Crippen LogP contribution in [-0.2, 0) is 0 Å². The van der Waals surface area contributed by atoms with Crippen molar-refractivity contribution in [3.05, 3.63) is 0 Å². The lowest BCUT2D eigenvalue weighted by atomic mass is 10.0. The summed E-state index contributed by atoms with van der Waals surface area (Å²) >= 11 is 0. The van der Waals surface area contributed by atoms with Gasteiger partial charge in [0.25, 0.3) is 0 Å². The third-order valence-electron chi connectivity index (χ3n) is 3.23. The molecule has 1 heterocycles. The van der Waals surface area contributed by atoms with Crippen LogP contribution in [0.5, 0.6) is 0 Å². The second kappa shape index (κ2) is 7.24. The predicted molar refractivity (Wildman–Crippen MR) is 69.3 cm³/mol. The fraction of sp³-hybridized carbons (Fsp3) is 1.00. The van der Waals surface area contributed by atoms with Gasteiger partial charge < -0.3 is 10.2 Å². The molecule has 0 aromatic rings. The van der Waals surface area contributed by atoms with E-state index in [0.717, 1.165) is 12.0 Å². The molecule has 1 saturated heterocycles. The molecule has 0 bridgehead atoms. The molecule has 1 fully saturated rings. The van der Waals surface area contributed by atoms with Gasteiger partial charge in [0.15, 0.2) is 0 Å². The SMILES string of the molecule is CCCCN1CCC(NCC(C)C)CC1.[HH]. The van der Waals surface area contributed by atoms with Crippen molar-refractivity contribution in [2.24, 2.45) is 5.92 Å². The second-order valence-electron chi connectivity index (χ2n) is 5.27. The van der Waals surface area contributed by atoms with E-state index in [9.17, 15) is 0 Å². The van der Waals surface area contributed by atoms with Gasteiger partial charge >= 0.3 is 0 Å². The summed E-state index contributed by atoms with van der Waals surface area (Å²) in [5, 5.41) is 3.67. The summed E-state index contributed by atoms with van der Waals surface area (Å²) in [6, 6.07) is 0.783. The molecule has 2 heteroatoms. The van der Waals surface area contributed by atoms with Crippen molar-refractivity contribution in [3.8, 4) is 0 Å². The molecule has 15 heavy (non-hydrogen) atoms. The molecule has 0 radical (unpaired) electrons. The van der Waals surface area contributed by atoms with Crippen LogP contribution in [0, 0.1) is 5.92 Å². The lowest BCUT2D eigenvalue weighted by molar-refractivity contribution is 0.193. The van der Waals surface area contributed by atoms with Crippen LogP contribution in [0.2, 0.25) is 0 Å². The highest BCUT2D eigenvalue weighted by atomic mass is 15.1. The molecule has 2 nitrogen and oxygen atoms in total. The maximum Gasteiger partial charge on any atom is 0.00915 e. The van der Waals surface area contributed by atoms with Crippen LogP contribution >= 0.6 is 0 Å². The Balaban J connectivity index is 0.00000225. The van der Waals surface area contributed by atoms with E-state index in [1.807, 2.05) is 0 Å². The molecule has 1 N–H and O–H groups in total. The molecule has 0 unspecified atom stereocenters. The van der Waals surface area contributed by atoms with Crippen molar-refractivity contribution in [1.29, 1.82) is 0 Å². The van der Waals surface area contributed by atoms with Crippen molar-refractivity contribution < 1.29 is 1.43 Å². The molecule has 0 spiro atoms. The Morgan fingerprint density at radius 3 is 2.53 bits per heavy atom. The van der Waals surface area contributed by atoms with Gasteiger partial charge in [-0.3, -0.25) is 0 Å². The second-order valence-corrected chi connectivity index (χ2v) is 5.27. The minimum Gasteiger partial charge on any atom is -0.314 e. The molecular weight excluding hydrogens is 184 g/mol. The third-order valence-corrected chi connectivity index (χ3v) is 3.23. The number of nitrogens with one attached hydrogen (secondary N) is 1. The smallest absolute Gasteiger partial charge is 0.00915 e.